The molecule has 0 spiro atoms. The summed E-state index contributed by atoms with van der Waals surface area (Å²) in [6, 6.07) is 6.08. The minimum Gasteiger partial charge on any atom is -0.330 e. The first-order valence-corrected chi connectivity index (χ1v) is 4.49. The summed E-state index contributed by atoms with van der Waals surface area (Å²) < 4.78 is 0. The maximum absolute atomic E-state index is 5.76. The first kappa shape index (κ1) is 10.5. The van der Waals surface area contributed by atoms with Crippen LogP contribution in [0.25, 0.3) is 0 Å². The maximum Gasteiger partial charge on any atom is 0.0477 e. The van der Waals surface area contributed by atoms with Crippen LogP contribution in [0.1, 0.15) is 25.0 Å². The number of rotatable bonds is 2. The predicted octanol–water partition coefficient (Wildman–Crippen LogP) is 1.88. The van der Waals surface area contributed by atoms with E-state index in [-0.39, 0.29) is 17.8 Å². The van der Waals surface area contributed by atoms with Crippen molar-refractivity contribution >= 4 is 12.4 Å². The number of hydrogen-bond acceptors (Lipinski definition) is 2. The fourth-order valence-corrected chi connectivity index (χ4v) is 1.84. The van der Waals surface area contributed by atoms with E-state index < -0.39 is 0 Å². The van der Waals surface area contributed by atoms with Gasteiger partial charge in [-0.1, -0.05) is 12.5 Å². The molecular weight excluding hydrogens is 184 g/mol. The molecule has 13 heavy (non-hydrogen) atoms. The molecule has 1 heterocycles. The minimum atomic E-state index is 0. The van der Waals surface area contributed by atoms with E-state index in [1.54, 1.807) is 0 Å². The second-order valence-corrected chi connectivity index (χ2v) is 3.55. The van der Waals surface area contributed by atoms with Gasteiger partial charge in [0.25, 0.3) is 0 Å². The van der Waals surface area contributed by atoms with Crippen molar-refractivity contribution in [3.05, 3.63) is 30.1 Å². The SMILES string of the molecule is Cl.NCC1(c2ccccn2)CCC1. The van der Waals surface area contributed by atoms with Crippen LogP contribution in [0.15, 0.2) is 24.4 Å². The number of pyridine rings is 1. The highest BCUT2D eigenvalue weighted by atomic mass is 35.5. The summed E-state index contributed by atoms with van der Waals surface area (Å²) in [5, 5.41) is 0. The molecule has 2 N–H and O–H groups in total. The zero-order valence-electron chi connectivity index (χ0n) is 7.57. The average Bonchev–Trinajstić information content (AvgIpc) is 2.05. The summed E-state index contributed by atoms with van der Waals surface area (Å²) >= 11 is 0. The molecule has 0 unspecified atom stereocenters. The lowest BCUT2D eigenvalue weighted by Crippen LogP contribution is -2.42. The Balaban J connectivity index is 0.000000845. The predicted molar refractivity (Wildman–Crippen MR) is 56.1 cm³/mol. The topological polar surface area (TPSA) is 38.9 Å². The second kappa shape index (κ2) is 4.07. The lowest BCUT2D eigenvalue weighted by atomic mass is 9.66. The van der Waals surface area contributed by atoms with Gasteiger partial charge < -0.3 is 5.73 Å². The monoisotopic (exact) mass is 198 g/mol. The molecule has 1 saturated carbocycles. The highest BCUT2D eigenvalue weighted by Gasteiger charge is 2.38. The highest BCUT2D eigenvalue weighted by molar-refractivity contribution is 5.85. The normalized spacial score (nSPS) is 18.5. The van der Waals surface area contributed by atoms with Crippen LogP contribution in [0.4, 0.5) is 0 Å². The quantitative estimate of drug-likeness (QED) is 0.788. The molecule has 1 aromatic heterocycles. The van der Waals surface area contributed by atoms with Crippen molar-refractivity contribution in [3.8, 4) is 0 Å². The fraction of sp³-hybridized carbons (Fsp3) is 0.500. The Hall–Kier alpha value is -0.600. The third kappa shape index (κ3) is 1.69. The van der Waals surface area contributed by atoms with Gasteiger partial charge in [0.15, 0.2) is 0 Å². The van der Waals surface area contributed by atoms with Crippen molar-refractivity contribution in [2.24, 2.45) is 5.73 Å². The largest absolute Gasteiger partial charge is 0.330 e. The van der Waals surface area contributed by atoms with Crippen LogP contribution in [0.2, 0.25) is 0 Å². The standard InChI is InChI=1S/C10H14N2.ClH/c11-8-10(5-3-6-10)9-4-1-2-7-12-9;/h1-2,4,7H,3,5-6,8,11H2;1H. The smallest absolute Gasteiger partial charge is 0.0477 e. The van der Waals surface area contributed by atoms with Gasteiger partial charge >= 0.3 is 0 Å². The highest BCUT2D eigenvalue weighted by Crippen LogP contribution is 2.41. The third-order valence-corrected chi connectivity index (χ3v) is 2.91. The molecule has 0 amide bonds. The molecule has 0 saturated heterocycles. The first-order chi connectivity index (χ1) is 5.87. The Morgan fingerprint density at radius 1 is 1.38 bits per heavy atom. The van der Waals surface area contributed by atoms with Crippen molar-refractivity contribution in [1.29, 1.82) is 0 Å². The van der Waals surface area contributed by atoms with Gasteiger partial charge in [0.1, 0.15) is 0 Å². The van der Waals surface area contributed by atoms with E-state index in [0.29, 0.717) is 0 Å². The van der Waals surface area contributed by atoms with E-state index in [4.69, 9.17) is 5.73 Å². The van der Waals surface area contributed by atoms with Gasteiger partial charge in [-0.05, 0) is 25.0 Å². The van der Waals surface area contributed by atoms with Gasteiger partial charge in [-0.15, -0.1) is 12.4 Å². The van der Waals surface area contributed by atoms with E-state index in [0.717, 1.165) is 6.54 Å². The molecular formula is C10H15ClN2. The Labute approximate surface area is 85.0 Å². The maximum atomic E-state index is 5.76. The van der Waals surface area contributed by atoms with Gasteiger partial charge in [-0.2, -0.15) is 0 Å². The summed E-state index contributed by atoms with van der Waals surface area (Å²) in [4.78, 5) is 4.36. The van der Waals surface area contributed by atoms with E-state index in [1.807, 2.05) is 18.3 Å². The van der Waals surface area contributed by atoms with Gasteiger partial charge in [0.05, 0.1) is 0 Å². The molecule has 2 nitrogen and oxygen atoms in total. The molecule has 0 radical (unpaired) electrons. The molecule has 0 atom stereocenters. The lowest BCUT2D eigenvalue weighted by Gasteiger charge is -2.40. The molecule has 0 bridgehead atoms. The Morgan fingerprint density at radius 3 is 2.54 bits per heavy atom. The van der Waals surface area contributed by atoms with Crippen molar-refractivity contribution in [1.82, 2.24) is 4.98 Å². The lowest BCUT2D eigenvalue weighted by molar-refractivity contribution is 0.246. The zero-order valence-corrected chi connectivity index (χ0v) is 8.39. The van der Waals surface area contributed by atoms with Crippen LogP contribution in [0.5, 0.6) is 0 Å². The Kier molecular flexibility index (Phi) is 3.28. The van der Waals surface area contributed by atoms with Crippen molar-refractivity contribution < 1.29 is 0 Å². The van der Waals surface area contributed by atoms with Crippen LogP contribution in [-0.4, -0.2) is 11.5 Å². The van der Waals surface area contributed by atoms with Gasteiger partial charge in [0.2, 0.25) is 0 Å². The number of hydrogen-bond donors (Lipinski definition) is 1. The van der Waals surface area contributed by atoms with E-state index in [1.165, 1.54) is 25.0 Å². The van der Waals surface area contributed by atoms with E-state index in [2.05, 4.69) is 11.1 Å². The van der Waals surface area contributed by atoms with Gasteiger partial charge in [0, 0.05) is 23.9 Å². The third-order valence-electron chi connectivity index (χ3n) is 2.91. The van der Waals surface area contributed by atoms with Crippen molar-refractivity contribution in [2.75, 3.05) is 6.54 Å². The number of nitrogens with two attached hydrogens (primary N) is 1. The molecule has 3 heteroatoms. The molecule has 0 aliphatic heterocycles. The summed E-state index contributed by atoms with van der Waals surface area (Å²) in [6.45, 7) is 0.740. The van der Waals surface area contributed by atoms with Crippen LogP contribution in [0, 0.1) is 0 Å². The zero-order chi connectivity index (χ0) is 8.44. The molecule has 1 aromatic rings. The molecule has 2 rings (SSSR count). The second-order valence-electron chi connectivity index (χ2n) is 3.55. The molecule has 72 valence electrons. The Bertz CT molecular complexity index is 251. The number of halogens is 1. The van der Waals surface area contributed by atoms with Gasteiger partial charge in [-0.3, -0.25) is 4.98 Å². The van der Waals surface area contributed by atoms with E-state index >= 15 is 0 Å². The van der Waals surface area contributed by atoms with Crippen molar-refractivity contribution in [2.45, 2.75) is 24.7 Å². The first-order valence-electron chi connectivity index (χ1n) is 4.49. The summed E-state index contributed by atoms with van der Waals surface area (Å²) in [5.74, 6) is 0. The fourth-order valence-electron chi connectivity index (χ4n) is 1.84. The molecule has 1 aliphatic carbocycles. The molecule has 1 fully saturated rings. The average molecular weight is 199 g/mol. The van der Waals surface area contributed by atoms with Crippen LogP contribution in [0.3, 0.4) is 0 Å². The van der Waals surface area contributed by atoms with Crippen molar-refractivity contribution in [3.63, 3.8) is 0 Å². The van der Waals surface area contributed by atoms with Crippen LogP contribution >= 0.6 is 12.4 Å². The van der Waals surface area contributed by atoms with Crippen LogP contribution < -0.4 is 5.73 Å². The van der Waals surface area contributed by atoms with E-state index in [9.17, 15) is 0 Å². The number of nitrogens with zero attached hydrogens (tertiary/aromatic N) is 1. The minimum absolute atomic E-state index is 0. The van der Waals surface area contributed by atoms with Gasteiger partial charge in [-0.25, -0.2) is 0 Å². The summed E-state index contributed by atoms with van der Waals surface area (Å²) in [5.41, 5.74) is 7.16. The Morgan fingerprint density at radius 2 is 2.15 bits per heavy atom. The van der Waals surface area contributed by atoms with Crippen LogP contribution in [-0.2, 0) is 5.41 Å². The summed E-state index contributed by atoms with van der Waals surface area (Å²) in [6.07, 6.45) is 5.57. The summed E-state index contributed by atoms with van der Waals surface area (Å²) in [7, 11) is 0. The number of aromatic nitrogens is 1. The molecule has 1 aliphatic rings. The molecule has 0 aromatic carbocycles.